The molecule has 0 radical (unpaired) electrons. The third kappa shape index (κ3) is 4.66. The van der Waals surface area contributed by atoms with Crippen LogP contribution in [0.5, 0.6) is 0 Å². The van der Waals surface area contributed by atoms with Gasteiger partial charge in [0.1, 0.15) is 22.4 Å². The topological polar surface area (TPSA) is 157 Å². The molecule has 3 heterocycles. The number of aliphatic hydroxyl groups is 4. The van der Waals surface area contributed by atoms with Crippen molar-refractivity contribution in [2.45, 2.75) is 82.8 Å². The van der Waals surface area contributed by atoms with Crippen molar-refractivity contribution < 1.29 is 20.4 Å². The molecule has 0 bridgehead atoms. The Bertz CT molecular complexity index is 1270. The van der Waals surface area contributed by atoms with Gasteiger partial charge in [-0.2, -0.15) is 4.98 Å². The van der Waals surface area contributed by atoms with Gasteiger partial charge in [0.25, 0.3) is 0 Å². The van der Waals surface area contributed by atoms with Gasteiger partial charge in [0, 0.05) is 18.7 Å². The number of nitrogens with one attached hydrogen (secondary N) is 2. The van der Waals surface area contributed by atoms with Crippen LogP contribution in [-0.2, 0) is 0 Å². The summed E-state index contributed by atoms with van der Waals surface area (Å²) < 4.78 is 0.996. The van der Waals surface area contributed by atoms with Crippen LogP contribution in [0.25, 0.3) is 20.8 Å². The second kappa shape index (κ2) is 9.14. The number of rotatable bonds is 7. The summed E-state index contributed by atoms with van der Waals surface area (Å²) >= 11 is 1.51. The molecule has 3 aromatic heterocycles. The van der Waals surface area contributed by atoms with Crippen LogP contribution in [0, 0.1) is 19.8 Å². The Morgan fingerprint density at radius 2 is 1.86 bits per heavy atom. The number of nitrogens with zero attached hydrogens (tertiary/aromatic N) is 4. The number of aryl methyl sites for hydroxylation is 2. The molecule has 0 aromatic carbocycles. The first kappa shape index (κ1) is 25.2. The van der Waals surface area contributed by atoms with Crippen molar-refractivity contribution in [1.29, 1.82) is 0 Å². The third-order valence-corrected chi connectivity index (χ3v) is 8.60. The van der Waals surface area contributed by atoms with Crippen molar-refractivity contribution in [3.05, 3.63) is 23.7 Å². The van der Waals surface area contributed by atoms with Gasteiger partial charge in [-0.25, -0.2) is 9.97 Å². The Hall–Kier alpha value is -2.44. The smallest absolute Gasteiger partial charge is 0.225 e. The van der Waals surface area contributed by atoms with Gasteiger partial charge in [-0.3, -0.25) is 4.98 Å². The molecule has 0 amide bonds. The summed E-state index contributed by atoms with van der Waals surface area (Å²) in [5.41, 5.74) is 1.15. The van der Waals surface area contributed by atoms with E-state index in [1.165, 1.54) is 11.3 Å². The Morgan fingerprint density at radius 3 is 2.47 bits per heavy atom. The highest BCUT2D eigenvalue weighted by Gasteiger charge is 2.48. The van der Waals surface area contributed by atoms with Crippen LogP contribution < -0.4 is 10.6 Å². The highest BCUT2D eigenvalue weighted by molar-refractivity contribution is 7.21. The number of thiazole rings is 1. The Balaban J connectivity index is 1.53. The lowest BCUT2D eigenvalue weighted by Crippen LogP contribution is -2.43. The molecule has 2 fully saturated rings. The summed E-state index contributed by atoms with van der Waals surface area (Å²) in [5, 5.41) is 49.7. The summed E-state index contributed by atoms with van der Waals surface area (Å²) in [6, 6.07) is 1.39. The maximum absolute atomic E-state index is 10.8. The average Bonchev–Trinajstić information content (AvgIpc) is 3.33. The molecule has 4 atom stereocenters. The summed E-state index contributed by atoms with van der Waals surface area (Å²) in [4.78, 5) is 18.6. The molecule has 10 nitrogen and oxygen atoms in total. The highest BCUT2D eigenvalue weighted by atomic mass is 32.1. The Kier molecular flexibility index (Phi) is 6.40. The lowest BCUT2D eigenvalue weighted by molar-refractivity contribution is -0.0601. The molecule has 2 aliphatic rings. The lowest BCUT2D eigenvalue weighted by atomic mass is 9.80. The molecular formula is C25H34N6O4S. The molecule has 0 spiro atoms. The summed E-state index contributed by atoms with van der Waals surface area (Å²) in [7, 11) is 0. The number of aliphatic hydroxyl groups excluding tert-OH is 2. The van der Waals surface area contributed by atoms with Crippen LogP contribution in [0.15, 0.2) is 12.3 Å². The molecule has 36 heavy (non-hydrogen) atoms. The van der Waals surface area contributed by atoms with Gasteiger partial charge in [-0.15, -0.1) is 11.3 Å². The van der Waals surface area contributed by atoms with E-state index < -0.39 is 35.4 Å². The number of hydrogen-bond acceptors (Lipinski definition) is 11. The van der Waals surface area contributed by atoms with E-state index in [0.717, 1.165) is 40.2 Å². The van der Waals surface area contributed by atoms with Gasteiger partial charge in [-0.05, 0) is 59.4 Å². The van der Waals surface area contributed by atoms with Gasteiger partial charge in [0.05, 0.1) is 45.0 Å². The molecule has 2 aliphatic carbocycles. The minimum atomic E-state index is -1.15. The van der Waals surface area contributed by atoms with Crippen LogP contribution in [-0.4, -0.2) is 76.4 Å². The monoisotopic (exact) mass is 514 g/mol. The van der Waals surface area contributed by atoms with Crippen molar-refractivity contribution in [2.75, 3.05) is 17.2 Å². The SMILES string of the molecule is Cc1nc(NCC2(O)CCC2)nc(NC2C[C@H](C(C)(C)O)[C@@H](O)[C@H]2O)c1-c1nc2c(C)nccc2s1. The molecule has 11 heteroatoms. The summed E-state index contributed by atoms with van der Waals surface area (Å²) in [6.07, 6.45) is 2.44. The summed E-state index contributed by atoms with van der Waals surface area (Å²) in [6.45, 7) is 7.42. The van der Waals surface area contributed by atoms with Gasteiger partial charge < -0.3 is 31.1 Å². The number of anilines is 2. The molecule has 3 aromatic rings. The zero-order valence-electron chi connectivity index (χ0n) is 21.0. The molecule has 2 saturated carbocycles. The van der Waals surface area contributed by atoms with Gasteiger partial charge in [0.2, 0.25) is 5.95 Å². The van der Waals surface area contributed by atoms with E-state index in [-0.39, 0.29) is 0 Å². The van der Waals surface area contributed by atoms with Gasteiger partial charge in [0.15, 0.2) is 0 Å². The zero-order valence-corrected chi connectivity index (χ0v) is 21.8. The second-order valence-electron chi connectivity index (χ2n) is 10.8. The van der Waals surface area contributed by atoms with E-state index in [4.69, 9.17) is 9.97 Å². The van der Waals surface area contributed by atoms with Crippen molar-refractivity contribution in [2.24, 2.45) is 5.92 Å². The fraction of sp³-hybridized carbons (Fsp3) is 0.600. The number of pyridine rings is 1. The van der Waals surface area contributed by atoms with Crippen LogP contribution in [0.2, 0.25) is 0 Å². The maximum atomic E-state index is 10.8. The molecular weight excluding hydrogens is 480 g/mol. The highest BCUT2D eigenvalue weighted by Crippen LogP contribution is 2.40. The van der Waals surface area contributed by atoms with Crippen LogP contribution >= 0.6 is 11.3 Å². The first-order valence-electron chi connectivity index (χ1n) is 12.4. The molecule has 0 aliphatic heterocycles. The van der Waals surface area contributed by atoms with Crippen molar-refractivity contribution in [3.63, 3.8) is 0 Å². The standard InChI is InChI=1S/C25H34N6O4S/c1-12-17(22-30-18-13(2)26-9-6-16(18)36-22)21(31-23(28-12)27-11-25(35)7-5-8-25)29-15-10-14(24(3,4)34)19(32)20(15)33/h6,9,14-15,19-20,32-35H,5,7-8,10-11H2,1-4H3,(H2,27,28,29,31)/t14-,15?,19+,20-/m0/s1. The molecule has 6 N–H and O–H groups in total. The van der Waals surface area contributed by atoms with Crippen LogP contribution in [0.1, 0.15) is 50.9 Å². The van der Waals surface area contributed by atoms with E-state index in [1.54, 1.807) is 20.0 Å². The fourth-order valence-electron chi connectivity index (χ4n) is 5.16. The number of aromatic nitrogens is 4. The normalized spacial score (nSPS) is 25.7. The molecule has 194 valence electrons. The maximum Gasteiger partial charge on any atom is 0.225 e. The Morgan fingerprint density at radius 1 is 1.11 bits per heavy atom. The third-order valence-electron chi connectivity index (χ3n) is 7.57. The quantitative estimate of drug-likeness (QED) is 0.277. The minimum Gasteiger partial charge on any atom is -0.390 e. The van der Waals surface area contributed by atoms with Crippen LogP contribution in [0.4, 0.5) is 11.8 Å². The first-order valence-corrected chi connectivity index (χ1v) is 13.2. The van der Waals surface area contributed by atoms with E-state index in [9.17, 15) is 20.4 Å². The average molecular weight is 515 g/mol. The Labute approximate surface area is 213 Å². The van der Waals surface area contributed by atoms with E-state index in [2.05, 4.69) is 20.6 Å². The van der Waals surface area contributed by atoms with E-state index >= 15 is 0 Å². The van der Waals surface area contributed by atoms with Crippen LogP contribution in [0.3, 0.4) is 0 Å². The van der Waals surface area contributed by atoms with Gasteiger partial charge in [-0.1, -0.05) is 0 Å². The van der Waals surface area contributed by atoms with Crippen molar-refractivity contribution in [3.8, 4) is 10.6 Å². The number of hydrogen-bond donors (Lipinski definition) is 6. The zero-order chi connectivity index (χ0) is 25.8. The summed E-state index contributed by atoms with van der Waals surface area (Å²) in [5.74, 6) is 0.339. The van der Waals surface area contributed by atoms with Crippen molar-refractivity contribution >= 4 is 33.3 Å². The number of fused-ring (bicyclic) bond motifs is 1. The lowest BCUT2D eigenvalue weighted by Gasteiger charge is -2.36. The minimum absolute atomic E-state index is 0.350. The predicted octanol–water partition coefficient (Wildman–Crippen LogP) is 2.39. The molecule has 5 rings (SSSR count). The first-order chi connectivity index (χ1) is 16.9. The fourth-order valence-corrected chi connectivity index (χ4v) is 6.27. The van der Waals surface area contributed by atoms with Gasteiger partial charge >= 0.3 is 0 Å². The predicted molar refractivity (Wildman–Crippen MR) is 139 cm³/mol. The van der Waals surface area contributed by atoms with E-state index in [0.29, 0.717) is 36.0 Å². The van der Waals surface area contributed by atoms with Crippen molar-refractivity contribution in [1.82, 2.24) is 19.9 Å². The largest absolute Gasteiger partial charge is 0.390 e. The molecule has 0 saturated heterocycles. The van der Waals surface area contributed by atoms with E-state index in [1.807, 2.05) is 19.9 Å². The second-order valence-corrected chi connectivity index (χ2v) is 11.8. The molecule has 1 unspecified atom stereocenters.